The molecule has 0 atom stereocenters. The Morgan fingerprint density at radius 1 is 1.21 bits per heavy atom. The molecule has 1 N–H and O–H groups in total. The van der Waals surface area contributed by atoms with E-state index in [4.69, 9.17) is 4.74 Å². The lowest BCUT2D eigenvalue weighted by molar-refractivity contribution is -0.123. The van der Waals surface area contributed by atoms with Gasteiger partial charge < -0.3 is 15.0 Å². The Morgan fingerprint density at radius 2 is 1.93 bits per heavy atom. The molecule has 2 amide bonds. The summed E-state index contributed by atoms with van der Waals surface area (Å²) in [5.74, 6) is 0.981. The van der Waals surface area contributed by atoms with Crippen molar-refractivity contribution >= 4 is 23.6 Å². The van der Waals surface area contributed by atoms with Crippen LogP contribution in [0.1, 0.15) is 28.8 Å². The van der Waals surface area contributed by atoms with Crippen molar-refractivity contribution in [2.75, 3.05) is 32.5 Å². The summed E-state index contributed by atoms with van der Waals surface area (Å²) in [4.78, 5) is 31.0. The van der Waals surface area contributed by atoms with Crippen LogP contribution < -0.4 is 10.1 Å². The first-order chi connectivity index (χ1) is 14.1. The molecule has 0 unspecified atom stereocenters. The summed E-state index contributed by atoms with van der Waals surface area (Å²) >= 11 is 1.49. The van der Waals surface area contributed by atoms with Gasteiger partial charge in [0, 0.05) is 25.8 Å². The normalized spacial score (nSPS) is 14.5. The molecule has 1 aromatic heterocycles. The molecule has 1 aromatic carbocycles. The minimum atomic E-state index is -0.121. The Labute approximate surface area is 176 Å². The summed E-state index contributed by atoms with van der Waals surface area (Å²) in [6.07, 6.45) is 5.38. The van der Waals surface area contributed by atoms with Crippen LogP contribution in [0.15, 0.2) is 47.6 Å². The number of hydrogen-bond donors (Lipinski definition) is 1. The Hall–Kier alpha value is -2.54. The first-order valence-corrected chi connectivity index (χ1v) is 11.0. The molecule has 0 aliphatic carbocycles. The average molecular weight is 414 g/mol. The number of carbonyl (C=O) groups is 2. The molecule has 0 radical (unpaired) electrons. The van der Waals surface area contributed by atoms with Gasteiger partial charge in [0.25, 0.3) is 11.8 Å². The van der Waals surface area contributed by atoms with Crippen molar-refractivity contribution in [3.8, 4) is 5.75 Å². The highest BCUT2D eigenvalue weighted by Gasteiger charge is 2.25. The number of rotatable bonds is 7. The third-order valence-corrected chi connectivity index (χ3v) is 5.79. The van der Waals surface area contributed by atoms with Crippen molar-refractivity contribution in [2.45, 2.75) is 24.8 Å². The third kappa shape index (κ3) is 5.97. The van der Waals surface area contributed by atoms with Gasteiger partial charge in [-0.1, -0.05) is 17.7 Å². The number of thioether (sulfide) groups is 1. The van der Waals surface area contributed by atoms with Gasteiger partial charge in [-0.05, 0) is 56.2 Å². The number of piperidine rings is 1. The zero-order valence-electron chi connectivity index (χ0n) is 16.9. The van der Waals surface area contributed by atoms with Crippen molar-refractivity contribution in [3.05, 3.63) is 53.7 Å². The van der Waals surface area contributed by atoms with Crippen LogP contribution in [0, 0.1) is 12.8 Å². The highest BCUT2D eigenvalue weighted by Crippen LogP contribution is 2.22. The van der Waals surface area contributed by atoms with E-state index in [0.717, 1.165) is 23.4 Å². The fourth-order valence-electron chi connectivity index (χ4n) is 3.32. The molecule has 6 nitrogen and oxygen atoms in total. The van der Waals surface area contributed by atoms with Crippen molar-refractivity contribution in [3.63, 3.8) is 0 Å². The quantitative estimate of drug-likeness (QED) is 0.706. The van der Waals surface area contributed by atoms with Crippen LogP contribution in [0.25, 0.3) is 0 Å². The molecular formula is C22H27N3O3S. The predicted molar refractivity (Wildman–Crippen MR) is 114 cm³/mol. The predicted octanol–water partition coefficient (Wildman–Crippen LogP) is 3.16. The lowest BCUT2D eigenvalue weighted by Crippen LogP contribution is -2.42. The lowest BCUT2D eigenvalue weighted by atomic mass is 9.96. The summed E-state index contributed by atoms with van der Waals surface area (Å²) in [5, 5.41) is 3.71. The fraction of sp³-hybridized carbons (Fsp3) is 0.409. The van der Waals surface area contributed by atoms with Gasteiger partial charge in [0.15, 0.2) is 6.61 Å². The largest absolute Gasteiger partial charge is 0.484 e. The minimum absolute atomic E-state index is 0.0128. The number of aromatic nitrogens is 1. The van der Waals surface area contributed by atoms with Crippen LogP contribution in [0.5, 0.6) is 5.75 Å². The number of pyridine rings is 1. The first-order valence-electron chi connectivity index (χ1n) is 9.81. The van der Waals surface area contributed by atoms with Crippen LogP contribution in [0.4, 0.5) is 0 Å². The SMILES string of the molecule is CSc1ncccc1C(=O)N1CCC(CNC(=O)COc2ccc(C)cc2)CC1. The number of likely N-dealkylation sites (tertiary alicyclic amines) is 1. The molecule has 154 valence electrons. The number of aryl methyl sites for hydroxylation is 1. The molecule has 1 aliphatic rings. The Kier molecular flexibility index (Phi) is 7.52. The molecular weight excluding hydrogens is 386 g/mol. The van der Waals surface area contributed by atoms with E-state index in [1.54, 1.807) is 12.3 Å². The van der Waals surface area contributed by atoms with E-state index in [0.29, 0.717) is 36.9 Å². The number of carbonyl (C=O) groups excluding carboxylic acids is 2. The summed E-state index contributed by atoms with van der Waals surface area (Å²) < 4.78 is 5.51. The lowest BCUT2D eigenvalue weighted by Gasteiger charge is -2.32. The van der Waals surface area contributed by atoms with Gasteiger partial charge in [-0.2, -0.15) is 0 Å². The number of ether oxygens (including phenoxy) is 1. The number of amides is 2. The zero-order valence-corrected chi connectivity index (χ0v) is 17.7. The molecule has 3 rings (SSSR count). The number of nitrogens with zero attached hydrogens (tertiary/aromatic N) is 2. The summed E-state index contributed by atoms with van der Waals surface area (Å²) in [6.45, 7) is 4.03. The van der Waals surface area contributed by atoms with E-state index in [1.807, 2.05) is 48.4 Å². The second-order valence-corrected chi connectivity index (χ2v) is 8.00. The van der Waals surface area contributed by atoms with Crippen molar-refractivity contribution in [2.24, 2.45) is 5.92 Å². The van der Waals surface area contributed by atoms with Gasteiger partial charge in [0.1, 0.15) is 10.8 Å². The van der Waals surface area contributed by atoms with E-state index in [9.17, 15) is 9.59 Å². The molecule has 1 saturated heterocycles. The van der Waals surface area contributed by atoms with Crippen molar-refractivity contribution < 1.29 is 14.3 Å². The van der Waals surface area contributed by atoms with E-state index in [-0.39, 0.29) is 18.4 Å². The Morgan fingerprint density at radius 3 is 2.62 bits per heavy atom. The molecule has 7 heteroatoms. The molecule has 0 spiro atoms. The van der Waals surface area contributed by atoms with Gasteiger partial charge in [0.05, 0.1) is 5.56 Å². The highest BCUT2D eigenvalue weighted by atomic mass is 32.2. The second kappa shape index (κ2) is 10.3. The van der Waals surface area contributed by atoms with E-state index < -0.39 is 0 Å². The standard InChI is InChI=1S/C22H27N3O3S/c1-16-5-7-18(8-6-16)28-15-20(26)24-14-17-9-12-25(13-10-17)22(27)19-4-3-11-23-21(19)29-2/h3-8,11,17H,9-10,12-15H2,1-2H3,(H,24,26). The van der Waals surface area contributed by atoms with Crippen LogP contribution >= 0.6 is 11.8 Å². The molecule has 2 aromatic rings. The summed E-state index contributed by atoms with van der Waals surface area (Å²) in [5.41, 5.74) is 1.82. The first kappa shape index (κ1) is 21.2. The Bertz CT molecular complexity index is 833. The molecule has 0 saturated carbocycles. The van der Waals surface area contributed by atoms with Crippen LogP contribution in [0.3, 0.4) is 0 Å². The minimum Gasteiger partial charge on any atom is -0.484 e. The zero-order chi connectivity index (χ0) is 20.6. The van der Waals surface area contributed by atoms with Crippen molar-refractivity contribution in [1.29, 1.82) is 0 Å². The number of nitrogens with one attached hydrogen (secondary N) is 1. The third-order valence-electron chi connectivity index (χ3n) is 5.08. The van der Waals surface area contributed by atoms with E-state index in [2.05, 4.69) is 10.3 Å². The highest BCUT2D eigenvalue weighted by molar-refractivity contribution is 7.98. The average Bonchev–Trinajstić information content (AvgIpc) is 2.77. The van der Waals surface area contributed by atoms with Gasteiger partial charge in [-0.15, -0.1) is 11.8 Å². The maximum absolute atomic E-state index is 12.8. The Balaban J connectivity index is 1.40. The molecule has 1 aliphatic heterocycles. The molecule has 2 heterocycles. The maximum atomic E-state index is 12.8. The van der Waals surface area contributed by atoms with E-state index in [1.165, 1.54) is 11.8 Å². The molecule has 0 bridgehead atoms. The number of hydrogen-bond acceptors (Lipinski definition) is 5. The van der Waals surface area contributed by atoms with Gasteiger partial charge in [0.2, 0.25) is 0 Å². The van der Waals surface area contributed by atoms with E-state index >= 15 is 0 Å². The smallest absolute Gasteiger partial charge is 0.257 e. The summed E-state index contributed by atoms with van der Waals surface area (Å²) in [6, 6.07) is 11.3. The van der Waals surface area contributed by atoms with Gasteiger partial charge >= 0.3 is 0 Å². The van der Waals surface area contributed by atoms with Crippen molar-refractivity contribution in [1.82, 2.24) is 15.2 Å². The van der Waals surface area contributed by atoms with Gasteiger partial charge in [-0.3, -0.25) is 9.59 Å². The maximum Gasteiger partial charge on any atom is 0.257 e. The molecule has 29 heavy (non-hydrogen) atoms. The van der Waals surface area contributed by atoms with Crippen LogP contribution in [-0.4, -0.2) is 54.2 Å². The molecule has 1 fully saturated rings. The van der Waals surface area contributed by atoms with Gasteiger partial charge in [-0.25, -0.2) is 4.98 Å². The topological polar surface area (TPSA) is 71.5 Å². The fourth-order valence-corrected chi connectivity index (χ4v) is 3.86. The monoisotopic (exact) mass is 413 g/mol. The second-order valence-electron chi connectivity index (χ2n) is 7.20. The summed E-state index contributed by atoms with van der Waals surface area (Å²) in [7, 11) is 0. The van der Waals surface area contributed by atoms with Crippen LogP contribution in [0.2, 0.25) is 0 Å². The van der Waals surface area contributed by atoms with Crippen LogP contribution in [-0.2, 0) is 4.79 Å². The number of benzene rings is 1.